The highest BCUT2D eigenvalue weighted by molar-refractivity contribution is 5.81. The molecule has 0 aromatic rings. The van der Waals surface area contributed by atoms with Crippen LogP contribution in [0.1, 0.15) is 85.0 Å². The van der Waals surface area contributed by atoms with Crippen LogP contribution >= 0.6 is 0 Å². The molecule has 0 amide bonds. The third-order valence-corrected chi connectivity index (χ3v) is 5.50. The molecule has 1 saturated heterocycles. The average molecular weight is 441 g/mol. The van der Waals surface area contributed by atoms with Gasteiger partial charge in [0.05, 0.1) is 12.2 Å². The molecule has 1 fully saturated rings. The van der Waals surface area contributed by atoms with E-state index in [1.54, 1.807) is 13.2 Å². The first-order valence-corrected chi connectivity index (χ1v) is 11.8. The van der Waals surface area contributed by atoms with E-state index in [2.05, 4.69) is 20.1 Å². The van der Waals surface area contributed by atoms with Crippen molar-refractivity contribution in [1.82, 2.24) is 0 Å². The summed E-state index contributed by atoms with van der Waals surface area (Å²) in [4.78, 5) is 11.6. The lowest BCUT2D eigenvalue weighted by Crippen LogP contribution is -2.28. The molecule has 1 aliphatic rings. The van der Waals surface area contributed by atoms with Crippen molar-refractivity contribution in [2.75, 3.05) is 13.9 Å². The topological polar surface area (TPSA) is 63.2 Å². The summed E-state index contributed by atoms with van der Waals surface area (Å²) in [7, 11) is 1.63. The lowest BCUT2D eigenvalue weighted by molar-refractivity contribution is -0.149. The summed E-state index contributed by atoms with van der Waals surface area (Å²) >= 11 is 0. The van der Waals surface area contributed by atoms with Crippen LogP contribution in [0.4, 0.5) is 0 Å². The van der Waals surface area contributed by atoms with Crippen LogP contribution in [0.25, 0.3) is 0 Å². The Hall–Kier alpha value is -1.21. The molecule has 1 aliphatic heterocycles. The predicted octanol–water partition coefficient (Wildman–Crippen LogP) is 5.70. The fraction of sp³-hybridized carbons (Fsp3) is 0.800. The monoisotopic (exact) mass is 440 g/mol. The maximum Gasteiger partial charge on any atom is 0.330 e. The Morgan fingerprint density at radius 1 is 1.03 bits per heavy atom. The number of rotatable bonds is 18. The minimum Gasteiger partial charge on any atom is -0.459 e. The SMILES string of the molecule is C=CC(=O)O[C@H](CCCCC)CCCCC[C@H](C[C@@H]1OC(C)(C)O[C@@H]1C=C)OCOC. The van der Waals surface area contributed by atoms with E-state index in [0.29, 0.717) is 0 Å². The lowest BCUT2D eigenvalue weighted by atomic mass is 9.99. The lowest BCUT2D eigenvalue weighted by Gasteiger charge is -2.23. The molecule has 6 heteroatoms. The van der Waals surface area contributed by atoms with E-state index in [1.807, 2.05) is 13.8 Å². The summed E-state index contributed by atoms with van der Waals surface area (Å²) in [5.41, 5.74) is 0. The molecule has 0 unspecified atom stereocenters. The Morgan fingerprint density at radius 2 is 1.68 bits per heavy atom. The molecular weight excluding hydrogens is 396 g/mol. The highest BCUT2D eigenvalue weighted by Gasteiger charge is 2.40. The van der Waals surface area contributed by atoms with Crippen LogP contribution in [0, 0.1) is 0 Å². The summed E-state index contributed by atoms with van der Waals surface area (Å²) in [6.45, 7) is 13.7. The van der Waals surface area contributed by atoms with E-state index >= 15 is 0 Å². The Labute approximate surface area is 189 Å². The fourth-order valence-electron chi connectivity index (χ4n) is 3.96. The van der Waals surface area contributed by atoms with E-state index in [4.69, 9.17) is 23.7 Å². The second-order valence-electron chi connectivity index (χ2n) is 8.70. The van der Waals surface area contributed by atoms with Gasteiger partial charge in [0, 0.05) is 19.6 Å². The van der Waals surface area contributed by atoms with Gasteiger partial charge in [-0.25, -0.2) is 4.79 Å². The maximum atomic E-state index is 11.6. The predicted molar refractivity (Wildman–Crippen MR) is 123 cm³/mol. The normalized spacial score (nSPS) is 22.1. The van der Waals surface area contributed by atoms with Crippen molar-refractivity contribution in [2.24, 2.45) is 0 Å². The van der Waals surface area contributed by atoms with Gasteiger partial charge in [0.25, 0.3) is 0 Å². The van der Waals surface area contributed by atoms with Crippen LogP contribution in [-0.2, 0) is 28.5 Å². The number of methoxy groups -OCH3 is 1. The standard InChI is InChI=1S/C25H44O6/c1-7-10-12-15-20(29-24(26)9-3)16-13-11-14-17-21(28-19-27-6)18-23-22(8-2)30-25(4,5)31-23/h8-9,20-23H,2-3,7,10-19H2,1,4-6H3/t20-,21-,22-,23+/m1/s1. The van der Waals surface area contributed by atoms with Crippen LogP contribution in [0.3, 0.4) is 0 Å². The first-order chi connectivity index (χ1) is 14.8. The summed E-state index contributed by atoms with van der Waals surface area (Å²) < 4.78 is 28.5. The number of carbonyl (C=O) groups excluding carboxylic acids is 1. The Bertz CT molecular complexity index is 518. The van der Waals surface area contributed by atoms with E-state index in [0.717, 1.165) is 64.2 Å². The molecule has 0 aromatic heterocycles. The van der Waals surface area contributed by atoms with Crippen molar-refractivity contribution >= 4 is 5.97 Å². The fourth-order valence-corrected chi connectivity index (χ4v) is 3.96. The zero-order valence-electron chi connectivity index (χ0n) is 20.1. The van der Waals surface area contributed by atoms with E-state index in [-0.39, 0.29) is 37.2 Å². The van der Waals surface area contributed by atoms with Crippen LogP contribution in [0.2, 0.25) is 0 Å². The Balaban J connectivity index is 2.43. The van der Waals surface area contributed by atoms with Crippen molar-refractivity contribution in [2.45, 2.75) is 115 Å². The average Bonchev–Trinajstić information content (AvgIpc) is 3.04. The quantitative estimate of drug-likeness (QED) is 0.0895. The maximum absolute atomic E-state index is 11.6. The van der Waals surface area contributed by atoms with Crippen molar-refractivity contribution in [1.29, 1.82) is 0 Å². The van der Waals surface area contributed by atoms with Gasteiger partial charge in [0.15, 0.2) is 5.79 Å². The minimum atomic E-state index is -0.606. The van der Waals surface area contributed by atoms with Crippen LogP contribution in [-0.4, -0.2) is 50.1 Å². The van der Waals surface area contributed by atoms with Gasteiger partial charge in [0.1, 0.15) is 19.0 Å². The summed E-state index contributed by atoms with van der Waals surface area (Å²) in [6.07, 6.45) is 12.8. The largest absolute Gasteiger partial charge is 0.459 e. The molecule has 0 N–H and O–H groups in total. The molecule has 0 spiro atoms. The zero-order valence-corrected chi connectivity index (χ0v) is 20.1. The molecule has 1 rings (SSSR count). The molecule has 1 heterocycles. The Kier molecular flexibility index (Phi) is 14.0. The third kappa shape index (κ3) is 11.8. The molecule has 0 radical (unpaired) electrons. The molecule has 6 nitrogen and oxygen atoms in total. The van der Waals surface area contributed by atoms with E-state index in [1.165, 1.54) is 6.08 Å². The van der Waals surface area contributed by atoms with Gasteiger partial charge in [0.2, 0.25) is 0 Å². The first kappa shape index (κ1) is 27.8. The molecule has 0 saturated carbocycles. The second kappa shape index (κ2) is 15.6. The number of carbonyl (C=O) groups is 1. The van der Waals surface area contributed by atoms with Gasteiger partial charge >= 0.3 is 5.97 Å². The molecule has 0 aliphatic carbocycles. The van der Waals surface area contributed by atoms with Crippen molar-refractivity contribution in [3.8, 4) is 0 Å². The van der Waals surface area contributed by atoms with Gasteiger partial charge in [-0.3, -0.25) is 0 Å². The second-order valence-corrected chi connectivity index (χ2v) is 8.70. The van der Waals surface area contributed by atoms with Gasteiger partial charge in [-0.05, 0) is 46.0 Å². The molecule has 180 valence electrons. The highest BCUT2D eigenvalue weighted by Crippen LogP contribution is 2.32. The number of esters is 1. The van der Waals surface area contributed by atoms with Crippen LogP contribution in [0.5, 0.6) is 0 Å². The van der Waals surface area contributed by atoms with Gasteiger partial charge < -0.3 is 23.7 Å². The molecule has 0 aromatic carbocycles. The number of unbranched alkanes of at least 4 members (excludes halogenated alkanes) is 4. The number of hydrogen-bond acceptors (Lipinski definition) is 6. The number of ether oxygens (including phenoxy) is 5. The first-order valence-electron chi connectivity index (χ1n) is 11.8. The smallest absolute Gasteiger partial charge is 0.330 e. The van der Waals surface area contributed by atoms with E-state index in [9.17, 15) is 4.79 Å². The minimum absolute atomic E-state index is 0.0165. The summed E-state index contributed by atoms with van der Waals surface area (Å²) in [5, 5.41) is 0. The van der Waals surface area contributed by atoms with E-state index < -0.39 is 5.79 Å². The Morgan fingerprint density at radius 3 is 2.26 bits per heavy atom. The highest BCUT2D eigenvalue weighted by atomic mass is 16.8. The van der Waals surface area contributed by atoms with Gasteiger partial charge in [-0.1, -0.05) is 45.3 Å². The van der Waals surface area contributed by atoms with Crippen LogP contribution in [0.15, 0.2) is 25.3 Å². The number of hydrogen-bond donors (Lipinski definition) is 0. The van der Waals surface area contributed by atoms with Crippen molar-refractivity contribution < 1.29 is 28.5 Å². The third-order valence-electron chi connectivity index (χ3n) is 5.50. The van der Waals surface area contributed by atoms with Crippen molar-refractivity contribution in [3.05, 3.63) is 25.3 Å². The summed E-state index contributed by atoms with van der Waals surface area (Å²) in [6, 6.07) is 0. The zero-order chi connectivity index (χ0) is 23.1. The molecule has 31 heavy (non-hydrogen) atoms. The van der Waals surface area contributed by atoms with Gasteiger partial charge in [-0.15, -0.1) is 6.58 Å². The molecule has 0 bridgehead atoms. The van der Waals surface area contributed by atoms with Crippen molar-refractivity contribution in [3.63, 3.8) is 0 Å². The molecule has 4 atom stereocenters. The van der Waals surface area contributed by atoms with Crippen LogP contribution < -0.4 is 0 Å². The molecular formula is C25H44O6. The van der Waals surface area contributed by atoms with Gasteiger partial charge in [-0.2, -0.15) is 0 Å². The summed E-state index contributed by atoms with van der Waals surface area (Å²) in [5.74, 6) is -0.932.